The molecule has 0 spiro atoms. The van der Waals surface area contributed by atoms with Crippen LogP contribution in [0.25, 0.3) is 0 Å². The van der Waals surface area contributed by atoms with E-state index in [9.17, 15) is 4.79 Å². The van der Waals surface area contributed by atoms with E-state index < -0.39 is 0 Å². The molecule has 3 heteroatoms. The molecular weight excluding hydrogens is 315 g/mol. The number of carbonyl (C=O) groups excluding carboxylic acids is 1. The van der Waals surface area contributed by atoms with Crippen LogP contribution < -0.4 is 4.74 Å². The van der Waals surface area contributed by atoms with Gasteiger partial charge in [-0.15, -0.1) is 0 Å². The number of fused-ring (bicyclic) bond motifs is 1. The summed E-state index contributed by atoms with van der Waals surface area (Å²) in [5.74, 6) is 0.700. The number of esters is 1. The summed E-state index contributed by atoms with van der Waals surface area (Å²) in [5, 5.41) is 0. The zero-order chi connectivity index (χ0) is 11.5. The minimum Gasteiger partial charge on any atom is -0.426 e. The fourth-order valence-electron chi connectivity index (χ4n) is 2.03. The van der Waals surface area contributed by atoms with Gasteiger partial charge in [0.1, 0.15) is 5.75 Å². The number of benzene rings is 1. The van der Waals surface area contributed by atoms with Gasteiger partial charge in [0.25, 0.3) is 0 Å². The van der Waals surface area contributed by atoms with E-state index in [4.69, 9.17) is 4.74 Å². The lowest BCUT2D eigenvalue weighted by Crippen LogP contribution is -2.33. The molecular formula is C13H15IO2. The van der Waals surface area contributed by atoms with Gasteiger partial charge in [-0.3, -0.25) is 4.79 Å². The Balaban J connectivity index is 2.18. The molecule has 0 radical (unpaired) electrons. The number of halogens is 1. The van der Waals surface area contributed by atoms with Gasteiger partial charge in [-0.2, -0.15) is 0 Å². The smallest absolute Gasteiger partial charge is 0.315 e. The van der Waals surface area contributed by atoms with Gasteiger partial charge >= 0.3 is 5.97 Å². The third-order valence-electron chi connectivity index (χ3n) is 2.93. The summed E-state index contributed by atoms with van der Waals surface area (Å²) in [6.07, 6.45) is 3.00. The number of rotatable bonds is 3. The van der Waals surface area contributed by atoms with Crippen LogP contribution >= 0.6 is 22.6 Å². The van der Waals surface area contributed by atoms with Crippen LogP contribution in [-0.4, -0.2) is 9.89 Å². The van der Waals surface area contributed by atoms with Gasteiger partial charge in [0, 0.05) is 3.92 Å². The van der Waals surface area contributed by atoms with Crippen molar-refractivity contribution in [3.8, 4) is 5.75 Å². The molecule has 2 atom stereocenters. The Morgan fingerprint density at radius 1 is 1.50 bits per heavy atom. The second-order valence-electron chi connectivity index (χ2n) is 4.14. The highest BCUT2D eigenvalue weighted by Crippen LogP contribution is 2.32. The predicted octanol–water partition coefficient (Wildman–Crippen LogP) is 3.37. The summed E-state index contributed by atoms with van der Waals surface area (Å²) in [7, 11) is 0. The van der Waals surface area contributed by atoms with E-state index in [2.05, 4.69) is 29.5 Å². The molecule has 0 bridgehead atoms. The first-order valence-corrected chi connectivity index (χ1v) is 6.90. The molecule has 0 saturated carbocycles. The van der Waals surface area contributed by atoms with Gasteiger partial charge in [0.05, 0.1) is 5.92 Å². The topological polar surface area (TPSA) is 26.3 Å². The van der Waals surface area contributed by atoms with Crippen LogP contribution in [-0.2, 0) is 11.2 Å². The fraction of sp³-hybridized carbons (Fsp3) is 0.462. The lowest BCUT2D eigenvalue weighted by atomic mass is 9.92. The van der Waals surface area contributed by atoms with Gasteiger partial charge in [-0.25, -0.2) is 0 Å². The summed E-state index contributed by atoms with van der Waals surface area (Å²) >= 11 is 2.37. The van der Waals surface area contributed by atoms with Crippen LogP contribution in [0.1, 0.15) is 25.3 Å². The van der Waals surface area contributed by atoms with Crippen LogP contribution in [0.3, 0.4) is 0 Å². The Morgan fingerprint density at radius 2 is 2.25 bits per heavy atom. The molecule has 86 valence electrons. The van der Waals surface area contributed by atoms with Gasteiger partial charge in [0.15, 0.2) is 0 Å². The SMILES string of the molecule is CCCC(I)C1Cc2ccccc2OC1=O. The molecule has 1 aliphatic rings. The normalized spacial score (nSPS) is 21.1. The van der Waals surface area contributed by atoms with Crippen LogP contribution in [0.4, 0.5) is 0 Å². The summed E-state index contributed by atoms with van der Waals surface area (Å²) < 4.78 is 5.75. The standard InChI is InChI=1S/C13H15IO2/c1-2-5-11(14)10-8-9-6-3-4-7-12(9)16-13(10)15/h3-4,6-7,10-11H,2,5,8H2,1H3. The fourth-order valence-corrected chi connectivity index (χ4v) is 3.20. The molecule has 1 aliphatic heterocycles. The molecule has 1 aromatic rings. The Morgan fingerprint density at radius 3 is 3.00 bits per heavy atom. The average molecular weight is 330 g/mol. The van der Waals surface area contributed by atoms with Crippen LogP contribution in [0.2, 0.25) is 0 Å². The van der Waals surface area contributed by atoms with Crippen molar-refractivity contribution < 1.29 is 9.53 Å². The van der Waals surface area contributed by atoms with E-state index in [0.717, 1.165) is 30.6 Å². The van der Waals surface area contributed by atoms with E-state index >= 15 is 0 Å². The maximum absolute atomic E-state index is 11.8. The monoisotopic (exact) mass is 330 g/mol. The van der Waals surface area contributed by atoms with Crippen molar-refractivity contribution in [1.82, 2.24) is 0 Å². The molecule has 2 nitrogen and oxygen atoms in total. The van der Waals surface area contributed by atoms with Gasteiger partial charge < -0.3 is 4.74 Å². The van der Waals surface area contributed by atoms with E-state index in [1.165, 1.54) is 0 Å². The zero-order valence-corrected chi connectivity index (χ0v) is 11.4. The molecule has 1 heterocycles. The van der Waals surface area contributed by atoms with Crippen LogP contribution in [0.5, 0.6) is 5.75 Å². The van der Waals surface area contributed by atoms with E-state index in [-0.39, 0.29) is 11.9 Å². The largest absolute Gasteiger partial charge is 0.426 e. The minimum atomic E-state index is -0.0634. The molecule has 1 aromatic carbocycles. The highest BCUT2D eigenvalue weighted by atomic mass is 127. The van der Waals surface area contributed by atoms with E-state index in [0.29, 0.717) is 3.92 Å². The minimum absolute atomic E-state index is 0.0236. The lowest BCUT2D eigenvalue weighted by molar-refractivity contribution is -0.140. The highest BCUT2D eigenvalue weighted by Gasteiger charge is 2.32. The number of alkyl halides is 1. The third kappa shape index (κ3) is 2.39. The van der Waals surface area contributed by atoms with Crippen LogP contribution in [0.15, 0.2) is 24.3 Å². The number of hydrogen-bond donors (Lipinski definition) is 0. The van der Waals surface area contributed by atoms with Crippen molar-refractivity contribution in [2.75, 3.05) is 0 Å². The van der Waals surface area contributed by atoms with Crippen molar-refractivity contribution >= 4 is 28.6 Å². The Kier molecular flexibility index (Phi) is 3.84. The maximum atomic E-state index is 11.8. The van der Waals surface area contributed by atoms with Crippen LogP contribution in [0, 0.1) is 5.92 Å². The van der Waals surface area contributed by atoms with Crippen molar-refractivity contribution in [2.24, 2.45) is 5.92 Å². The molecule has 0 saturated heterocycles. The second-order valence-corrected chi connectivity index (χ2v) is 5.74. The average Bonchev–Trinajstić information content (AvgIpc) is 2.28. The third-order valence-corrected chi connectivity index (χ3v) is 4.42. The van der Waals surface area contributed by atoms with Crippen molar-refractivity contribution in [1.29, 1.82) is 0 Å². The first-order valence-electron chi connectivity index (χ1n) is 5.66. The highest BCUT2D eigenvalue weighted by molar-refractivity contribution is 14.1. The summed E-state index contributed by atoms with van der Waals surface area (Å²) in [5.41, 5.74) is 1.16. The zero-order valence-electron chi connectivity index (χ0n) is 9.28. The quantitative estimate of drug-likeness (QED) is 0.368. The summed E-state index contributed by atoms with van der Waals surface area (Å²) in [6, 6.07) is 7.81. The molecule has 0 aliphatic carbocycles. The Bertz CT molecular complexity index is 389. The molecule has 0 fully saturated rings. The maximum Gasteiger partial charge on any atom is 0.315 e. The number of hydrogen-bond acceptors (Lipinski definition) is 2. The van der Waals surface area contributed by atoms with Crippen molar-refractivity contribution in [3.05, 3.63) is 29.8 Å². The molecule has 2 rings (SSSR count). The Labute approximate surface area is 110 Å². The van der Waals surface area contributed by atoms with Crippen molar-refractivity contribution in [3.63, 3.8) is 0 Å². The lowest BCUT2D eigenvalue weighted by Gasteiger charge is -2.26. The predicted molar refractivity (Wildman–Crippen MR) is 72.0 cm³/mol. The molecule has 0 amide bonds. The molecule has 0 aromatic heterocycles. The summed E-state index contributed by atoms with van der Waals surface area (Å²) in [6.45, 7) is 2.15. The number of carbonyl (C=O) groups is 1. The van der Waals surface area contributed by atoms with Gasteiger partial charge in [-0.05, 0) is 24.5 Å². The first-order chi connectivity index (χ1) is 7.72. The second kappa shape index (κ2) is 5.17. The number of para-hydroxylation sites is 1. The molecule has 0 N–H and O–H groups in total. The number of ether oxygens (including phenoxy) is 1. The van der Waals surface area contributed by atoms with Gasteiger partial charge in [0.2, 0.25) is 0 Å². The first kappa shape index (κ1) is 11.9. The molecule has 2 unspecified atom stereocenters. The summed E-state index contributed by atoms with van der Waals surface area (Å²) in [4.78, 5) is 11.8. The van der Waals surface area contributed by atoms with Crippen molar-refractivity contribution in [2.45, 2.75) is 30.1 Å². The Hall–Kier alpha value is -0.580. The van der Waals surface area contributed by atoms with E-state index in [1.807, 2.05) is 24.3 Å². The van der Waals surface area contributed by atoms with E-state index in [1.54, 1.807) is 0 Å². The van der Waals surface area contributed by atoms with Gasteiger partial charge in [-0.1, -0.05) is 54.1 Å². The molecule has 16 heavy (non-hydrogen) atoms.